The van der Waals surface area contributed by atoms with Gasteiger partial charge >= 0.3 is 0 Å². The van der Waals surface area contributed by atoms with Gasteiger partial charge in [0.2, 0.25) is 10.0 Å². The first-order valence-electron chi connectivity index (χ1n) is 5.41. The fourth-order valence-electron chi connectivity index (χ4n) is 1.24. The average molecular weight is 337 g/mol. The van der Waals surface area contributed by atoms with Gasteiger partial charge in [-0.1, -0.05) is 0 Å². The van der Waals surface area contributed by atoms with Crippen LogP contribution >= 0.6 is 15.9 Å². The van der Waals surface area contributed by atoms with Gasteiger partial charge in [-0.15, -0.1) is 0 Å². The first kappa shape index (κ1) is 15.4. The van der Waals surface area contributed by atoms with Crippen molar-refractivity contribution in [2.75, 3.05) is 20.7 Å². The van der Waals surface area contributed by atoms with Crippen molar-refractivity contribution in [2.45, 2.75) is 17.9 Å². The maximum atomic E-state index is 12.1. The Morgan fingerprint density at radius 1 is 1.44 bits per heavy atom. The summed E-state index contributed by atoms with van der Waals surface area (Å²) in [5.74, 6) is 0.601. The van der Waals surface area contributed by atoms with Crippen LogP contribution in [0.1, 0.15) is 6.92 Å². The van der Waals surface area contributed by atoms with Crippen LogP contribution in [0.15, 0.2) is 27.6 Å². The smallest absolute Gasteiger partial charge is 0.241 e. The highest BCUT2D eigenvalue weighted by atomic mass is 79.9. The molecule has 0 fully saturated rings. The lowest BCUT2D eigenvalue weighted by atomic mass is 10.3. The van der Waals surface area contributed by atoms with E-state index < -0.39 is 10.0 Å². The molecule has 1 aromatic rings. The Hall–Kier alpha value is -0.630. The number of rotatable bonds is 6. The maximum Gasteiger partial charge on any atom is 0.241 e. The summed E-state index contributed by atoms with van der Waals surface area (Å²) in [5, 5.41) is 2.96. The number of likely N-dealkylation sites (N-methyl/N-ethyl adjacent to an activating group) is 1. The SMILES string of the molecule is CNC(C)CNS(=O)(=O)c1ccc(OC)cc1Br. The van der Waals surface area contributed by atoms with Gasteiger partial charge in [-0.25, -0.2) is 13.1 Å². The van der Waals surface area contributed by atoms with Crippen molar-refractivity contribution < 1.29 is 13.2 Å². The van der Waals surface area contributed by atoms with Crippen LogP contribution in [0.25, 0.3) is 0 Å². The molecule has 1 rings (SSSR count). The third-order valence-corrected chi connectivity index (χ3v) is 4.90. The number of nitrogens with one attached hydrogen (secondary N) is 2. The molecule has 2 N–H and O–H groups in total. The minimum absolute atomic E-state index is 0.0665. The molecule has 18 heavy (non-hydrogen) atoms. The molecule has 7 heteroatoms. The zero-order chi connectivity index (χ0) is 13.8. The monoisotopic (exact) mass is 336 g/mol. The lowest BCUT2D eigenvalue weighted by Gasteiger charge is -2.13. The Morgan fingerprint density at radius 2 is 2.11 bits per heavy atom. The molecule has 1 aromatic carbocycles. The van der Waals surface area contributed by atoms with Gasteiger partial charge in [0, 0.05) is 17.1 Å². The molecule has 0 bridgehead atoms. The molecule has 0 saturated carbocycles. The molecule has 0 saturated heterocycles. The van der Waals surface area contributed by atoms with E-state index in [-0.39, 0.29) is 10.9 Å². The van der Waals surface area contributed by atoms with Crippen LogP contribution < -0.4 is 14.8 Å². The number of hydrogen-bond acceptors (Lipinski definition) is 4. The Balaban J connectivity index is 2.91. The molecular formula is C11H17BrN2O3S. The fraction of sp³-hybridized carbons (Fsp3) is 0.455. The highest BCUT2D eigenvalue weighted by molar-refractivity contribution is 9.10. The van der Waals surface area contributed by atoms with Gasteiger partial charge in [-0.05, 0) is 48.1 Å². The van der Waals surface area contributed by atoms with E-state index in [9.17, 15) is 8.42 Å². The largest absolute Gasteiger partial charge is 0.497 e. The summed E-state index contributed by atoms with van der Waals surface area (Å²) in [6, 6.07) is 4.81. The molecule has 5 nitrogen and oxygen atoms in total. The van der Waals surface area contributed by atoms with Crippen LogP contribution in [0, 0.1) is 0 Å². The minimum atomic E-state index is -3.51. The Labute approximate surface area is 116 Å². The highest BCUT2D eigenvalue weighted by Crippen LogP contribution is 2.26. The lowest BCUT2D eigenvalue weighted by Crippen LogP contribution is -2.37. The lowest BCUT2D eigenvalue weighted by molar-refractivity contribution is 0.414. The molecule has 0 aliphatic carbocycles. The molecule has 1 unspecified atom stereocenters. The molecule has 0 spiro atoms. The van der Waals surface area contributed by atoms with Gasteiger partial charge in [-0.2, -0.15) is 0 Å². The second-order valence-corrected chi connectivity index (χ2v) is 6.43. The normalized spacial score (nSPS) is 13.3. The third kappa shape index (κ3) is 3.94. The van der Waals surface area contributed by atoms with Gasteiger partial charge in [0.05, 0.1) is 12.0 Å². The van der Waals surface area contributed by atoms with Gasteiger partial charge < -0.3 is 10.1 Å². The molecule has 0 amide bonds. The summed E-state index contributed by atoms with van der Waals surface area (Å²) in [5.41, 5.74) is 0. The number of hydrogen-bond donors (Lipinski definition) is 2. The molecule has 0 heterocycles. The molecule has 0 aliphatic rings. The average Bonchev–Trinajstić information content (AvgIpc) is 2.35. The highest BCUT2D eigenvalue weighted by Gasteiger charge is 2.18. The van der Waals surface area contributed by atoms with E-state index in [1.165, 1.54) is 13.2 Å². The number of halogens is 1. The topological polar surface area (TPSA) is 67.4 Å². The second-order valence-electron chi connectivity index (χ2n) is 3.84. The van der Waals surface area contributed by atoms with E-state index in [1.807, 2.05) is 6.92 Å². The molecule has 0 aromatic heterocycles. The van der Waals surface area contributed by atoms with Crippen molar-refractivity contribution >= 4 is 26.0 Å². The summed E-state index contributed by atoms with van der Waals surface area (Å²) in [6.07, 6.45) is 0. The quantitative estimate of drug-likeness (QED) is 0.822. The van der Waals surface area contributed by atoms with Gasteiger partial charge in [0.1, 0.15) is 5.75 Å². The zero-order valence-corrected chi connectivity index (χ0v) is 12.9. The van der Waals surface area contributed by atoms with Gasteiger partial charge in [0.15, 0.2) is 0 Å². The Kier molecular flexibility index (Phi) is 5.58. The second kappa shape index (κ2) is 6.51. The van der Waals surface area contributed by atoms with E-state index in [0.717, 1.165) is 0 Å². The predicted molar refractivity (Wildman–Crippen MR) is 74.4 cm³/mol. The summed E-state index contributed by atoms with van der Waals surface area (Å²) in [6.45, 7) is 2.23. The van der Waals surface area contributed by atoms with E-state index in [2.05, 4.69) is 26.0 Å². The van der Waals surface area contributed by atoms with Gasteiger partial charge in [-0.3, -0.25) is 0 Å². The van der Waals surface area contributed by atoms with Crippen molar-refractivity contribution in [1.29, 1.82) is 0 Å². The van der Waals surface area contributed by atoms with Crippen molar-refractivity contribution in [3.63, 3.8) is 0 Å². The first-order chi connectivity index (χ1) is 8.40. The summed E-state index contributed by atoms with van der Waals surface area (Å²) in [4.78, 5) is 0.201. The molecule has 0 radical (unpaired) electrons. The number of benzene rings is 1. The van der Waals surface area contributed by atoms with E-state index in [1.54, 1.807) is 19.2 Å². The number of methoxy groups -OCH3 is 1. The van der Waals surface area contributed by atoms with Gasteiger partial charge in [0.25, 0.3) is 0 Å². The van der Waals surface area contributed by atoms with Crippen molar-refractivity contribution in [1.82, 2.24) is 10.0 Å². The predicted octanol–water partition coefficient (Wildman–Crippen LogP) is 1.34. The summed E-state index contributed by atoms with van der Waals surface area (Å²) < 4.78 is 32.2. The molecule has 102 valence electrons. The van der Waals surface area contributed by atoms with E-state index in [0.29, 0.717) is 16.8 Å². The summed E-state index contributed by atoms with van der Waals surface area (Å²) >= 11 is 3.23. The van der Waals surface area contributed by atoms with Crippen molar-refractivity contribution in [2.24, 2.45) is 0 Å². The van der Waals surface area contributed by atoms with Crippen LogP contribution in [0.4, 0.5) is 0 Å². The third-order valence-electron chi connectivity index (χ3n) is 2.50. The Bertz CT molecular complexity index is 505. The van der Waals surface area contributed by atoms with Crippen molar-refractivity contribution in [3.05, 3.63) is 22.7 Å². The fourth-order valence-corrected chi connectivity index (χ4v) is 3.43. The van der Waals surface area contributed by atoms with Crippen LogP contribution in [-0.4, -0.2) is 35.2 Å². The molecular weight excluding hydrogens is 320 g/mol. The zero-order valence-electron chi connectivity index (χ0n) is 10.5. The number of sulfonamides is 1. The number of ether oxygens (including phenoxy) is 1. The van der Waals surface area contributed by atoms with E-state index in [4.69, 9.17) is 4.74 Å². The maximum absolute atomic E-state index is 12.1. The summed E-state index contributed by atoms with van der Waals surface area (Å²) in [7, 11) is -0.203. The van der Waals surface area contributed by atoms with Crippen LogP contribution in [0.3, 0.4) is 0 Å². The van der Waals surface area contributed by atoms with Crippen molar-refractivity contribution in [3.8, 4) is 5.75 Å². The first-order valence-corrected chi connectivity index (χ1v) is 7.68. The van der Waals surface area contributed by atoms with Crippen LogP contribution in [0.5, 0.6) is 5.75 Å². The molecule has 1 atom stereocenters. The minimum Gasteiger partial charge on any atom is -0.497 e. The van der Waals surface area contributed by atoms with Crippen LogP contribution in [0.2, 0.25) is 0 Å². The van der Waals surface area contributed by atoms with Crippen LogP contribution in [-0.2, 0) is 10.0 Å². The Morgan fingerprint density at radius 3 is 2.61 bits per heavy atom. The standard InChI is InChI=1S/C11H17BrN2O3S/c1-8(13-2)7-14-18(15,16)11-5-4-9(17-3)6-10(11)12/h4-6,8,13-14H,7H2,1-3H3. The molecule has 0 aliphatic heterocycles. The van der Waals surface area contributed by atoms with E-state index >= 15 is 0 Å².